The Balaban J connectivity index is 1.54. The van der Waals surface area contributed by atoms with Crippen molar-refractivity contribution in [2.45, 2.75) is 6.61 Å². The molecule has 0 aromatic heterocycles. The molecule has 3 rings (SSSR count). The first kappa shape index (κ1) is 18.1. The summed E-state index contributed by atoms with van der Waals surface area (Å²) in [6.45, 7) is -0.479. The molecule has 0 bridgehead atoms. The Hall–Kier alpha value is -2.73. The summed E-state index contributed by atoms with van der Waals surface area (Å²) in [5, 5.41) is 4.47. The van der Waals surface area contributed by atoms with Crippen molar-refractivity contribution in [3.63, 3.8) is 0 Å². The zero-order valence-electron chi connectivity index (χ0n) is 13.7. The zero-order valence-corrected chi connectivity index (χ0v) is 15.3. The molecule has 0 heterocycles. The highest BCUT2D eigenvalue weighted by atomic mass is 79.9. The minimum absolute atomic E-state index is 0.191. The lowest BCUT2D eigenvalue weighted by molar-refractivity contribution is -0.143. The molecule has 132 valence electrons. The van der Waals surface area contributed by atoms with E-state index in [0.717, 1.165) is 10.8 Å². The fraction of sp³-hybridized carbons (Fsp3) is 0.100. The molecule has 0 saturated carbocycles. The highest BCUT2D eigenvalue weighted by molar-refractivity contribution is 9.10. The van der Waals surface area contributed by atoms with Crippen LogP contribution in [0, 0.1) is 5.82 Å². The normalized spacial score (nSPS) is 10.5. The van der Waals surface area contributed by atoms with E-state index in [2.05, 4.69) is 21.2 Å². The smallest absolute Gasteiger partial charge is 0.325 e. The van der Waals surface area contributed by atoms with Gasteiger partial charge in [0.2, 0.25) is 0 Å². The van der Waals surface area contributed by atoms with Crippen LogP contribution in [-0.4, -0.2) is 18.4 Å². The van der Waals surface area contributed by atoms with Crippen molar-refractivity contribution >= 4 is 38.6 Å². The van der Waals surface area contributed by atoms with Crippen LogP contribution in [-0.2, 0) is 16.1 Å². The van der Waals surface area contributed by atoms with Crippen LogP contribution in [0.4, 0.5) is 4.39 Å². The summed E-state index contributed by atoms with van der Waals surface area (Å²) in [6, 6.07) is 17.5. The summed E-state index contributed by atoms with van der Waals surface area (Å²) in [5.74, 6) is -1.48. The Labute approximate surface area is 158 Å². The molecule has 0 radical (unpaired) electrons. The molecule has 6 heteroatoms. The second-order valence-corrected chi connectivity index (χ2v) is 6.56. The van der Waals surface area contributed by atoms with Crippen LogP contribution >= 0.6 is 15.9 Å². The van der Waals surface area contributed by atoms with E-state index >= 15 is 0 Å². The van der Waals surface area contributed by atoms with Crippen LogP contribution in [0.5, 0.6) is 0 Å². The van der Waals surface area contributed by atoms with Gasteiger partial charge in [0.15, 0.2) is 0 Å². The highest BCUT2D eigenvalue weighted by Crippen LogP contribution is 2.16. The average molecular weight is 416 g/mol. The summed E-state index contributed by atoms with van der Waals surface area (Å²) in [4.78, 5) is 23.9. The van der Waals surface area contributed by atoms with E-state index in [1.165, 1.54) is 12.1 Å². The first-order valence-corrected chi connectivity index (χ1v) is 8.69. The number of nitrogens with one attached hydrogen (secondary N) is 1. The van der Waals surface area contributed by atoms with Crippen molar-refractivity contribution in [1.82, 2.24) is 5.32 Å². The minimum Gasteiger partial charge on any atom is -0.459 e. The number of carbonyl (C=O) groups is 2. The van der Waals surface area contributed by atoms with Crippen LogP contribution in [0.2, 0.25) is 0 Å². The molecular formula is C20H15BrFNO3. The van der Waals surface area contributed by atoms with Gasteiger partial charge in [-0.2, -0.15) is 0 Å². The fourth-order valence-electron chi connectivity index (χ4n) is 2.43. The van der Waals surface area contributed by atoms with E-state index in [-0.39, 0.29) is 24.6 Å². The lowest BCUT2D eigenvalue weighted by Crippen LogP contribution is -2.30. The van der Waals surface area contributed by atoms with Gasteiger partial charge >= 0.3 is 5.97 Å². The number of hydrogen-bond acceptors (Lipinski definition) is 3. The standard InChI is InChI=1S/C20H15BrFNO3/c21-17-8-7-16(18(22)10-17)12-26-19(24)11-23-20(25)15-6-5-13-3-1-2-4-14(13)9-15/h1-10H,11-12H2,(H,23,25). The van der Waals surface area contributed by atoms with Crippen molar-refractivity contribution in [2.75, 3.05) is 6.54 Å². The second-order valence-electron chi connectivity index (χ2n) is 5.64. The lowest BCUT2D eigenvalue weighted by Gasteiger charge is -2.08. The molecular weight excluding hydrogens is 401 g/mol. The predicted molar refractivity (Wildman–Crippen MR) is 100 cm³/mol. The summed E-state index contributed by atoms with van der Waals surface area (Å²) in [7, 11) is 0. The second kappa shape index (κ2) is 8.10. The summed E-state index contributed by atoms with van der Waals surface area (Å²) >= 11 is 3.16. The van der Waals surface area contributed by atoms with Gasteiger partial charge in [-0.25, -0.2) is 4.39 Å². The molecule has 0 saturated heterocycles. The molecule has 0 aliphatic carbocycles. The third-order valence-corrected chi connectivity index (χ3v) is 4.30. The van der Waals surface area contributed by atoms with Crippen LogP contribution < -0.4 is 5.32 Å². The Morgan fingerprint density at radius 1 is 1.00 bits per heavy atom. The molecule has 1 amide bonds. The van der Waals surface area contributed by atoms with Gasteiger partial charge in [0.25, 0.3) is 5.91 Å². The van der Waals surface area contributed by atoms with E-state index in [1.807, 2.05) is 30.3 Å². The van der Waals surface area contributed by atoms with Gasteiger partial charge in [0.05, 0.1) is 0 Å². The summed E-state index contributed by atoms with van der Waals surface area (Å²) in [6.07, 6.45) is 0. The van der Waals surface area contributed by atoms with Gasteiger partial charge in [-0.3, -0.25) is 9.59 Å². The minimum atomic E-state index is -0.638. The quantitative estimate of drug-likeness (QED) is 0.634. The summed E-state index contributed by atoms with van der Waals surface area (Å²) < 4.78 is 19.3. The lowest BCUT2D eigenvalue weighted by atomic mass is 10.1. The number of ether oxygens (including phenoxy) is 1. The number of halogens is 2. The maximum absolute atomic E-state index is 13.7. The topological polar surface area (TPSA) is 55.4 Å². The Morgan fingerprint density at radius 3 is 2.54 bits per heavy atom. The molecule has 1 N–H and O–H groups in total. The third kappa shape index (κ3) is 4.46. The number of hydrogen-bond donors (Lipinski definition) is 1. The number of fused-ring (bicyclic) bond motifs is 1. The number of amides is 1. The van der Waals surface area contributed by atoms with Gasteiger partial charge in [-0.1, -0.05) is 52.3 Å². The van der Waals surface area contributed by atoms with Gasteiger partial charge in [-0.15, -0.1) is 0 Å². The van der Waals surface area contributed by atoms with Crippen molar-refractivity contribution in [3.05, 3.63) is 82.1 Å². The first-order chi connectivity index (χ1) is 12.5. The molecule has 0 spiro atoms. The Kier molecular flexibility index (Phi) is 5.63. The molecule has 0 fully saturated rings. The first-order valence-electron chi connectivity index (χ1n) is 7.89. The van der Waals surface area contributed by atoms with Crippen molar-refractivity contribution < 1.29 is 18.7 Å². The number of carbonyl (C=O) groups excluding carboxylic acids is 2. The van der Waals surface area contributed by atoms with Gasteiger partial charge < -0.3 is 10.1 Å². The number of esters is 1. The van der Waals surface area contributed by atoms with Gasteiger partial charge in [0, 0.05) is 15.6 Å². The summed E-state index contributed by atoms with van der Waals surface area (Å²) in [5.41, 5.74) is 0.720. The van der Waals surface area contributed by atoms with Gasteiger partial charge in [-0.05, 0) is 35.0 Å². The van der Waals surface area contributed by atoms with E-state index < -0.39 is 11.8 Å². The molecule has 3 aromatic rings. The molecule has 4 nitrogen and oxygen atoms in total. The van der Waals surface area contributed by atoms with Crippen molar-refractivity contribution in [3.8, 4) is 0 Å². The average Bonchev–Trinajstić information content (AvgIpc) is 2.65. The highest BCUT2D eigenvalue weighted by Gasteiger charge is 2.11. The Bertz CT molecular complexity index is 974. The van der Waals surface area contributed by atoms with E-state index in [0.29, 0.717) is 10.0 Å². The van der Waals surface area contributed by atoms with Crippen LogP contribution in [0.1, 0.15) is 15.9 Å². The largest absolute Gasteiger partial charge is 0.459 e. The maximum Gasteiger partial charge on any atom is 0.325 e. The van der Waals surface area contributed by atoms with Gasteiger partial charge in [0.1, 0.15) is 19.0 Å². The zero-order chi connectivity index (χ0) is 18.5. The number of benzene rings is 3. The monoisotopic (exact) mass is 415 g/mol. The Morgan fingerprint density at radius 2 is 1.77 bits per heavy atom. The predicted octanol–water partition coefficient (Wildman–Crippen LogP) is 4.21. The van der Waals surface area contributed by atoms with E-state index in [1.54, 1.807) is 18.2 Å². The SMILES string of the molecule is O=C(CNC(=O)c1ccc2ccccc2c1)OCc1ccc(Br)cc1F. The number of rotatable bonds is 5. The van der Waals surface area contributed by atoms with Crippen LogP contribution in [0.15, 0.2) is 65.1 Å². The molecule has 3 aromatic carbocycles. The molecule has 0 atom stereocenters. The van der Waals surface area contributed by atoms with Crippen LogP contribution in [0.3, 0.4) is 0 Å². The van der Waals surface area contributed by atoms with Crippen molar-refractivity contribution in [1.29, 1.82) is 0 Å². The van der Waals surface area contributed by atoms with E-state index in [4.69, 9.17) is 4.74 Å². The molecule has 0 aliphatic rings. The van der Waals surface area contributed by atoms with E-state index in [9.17, 15) is 14.0 Å². The molecule has 0 unspecified atom stereocenters. The van der Waals surface area contributed by atoms with Crippen LogP contribution in [0.25, 0.3) is 10.8 Å². The molecule has 0 aliphatic heterocycles. The van der Waals surface area contributed by atoms with Crippen molar-refractivity contribution in [2.24, 2.45) is 0 Å². The third-order valence-electron chi connectivity index (χ3n) is 3.81. The maximum atomic E-state index is 13.7. The fourth-order valence-corrected chi connectivity index (χ4v) is 2.77. The molecule has 26 heavy (non-hydrogen) atoms.